The van der Waals surface area contributed by atoms with Crippen LogP contribution in [0.4, 0.5) is 18.2 Å². The number of hydrogen-bond acceptors (Lipinski definition) is 4. The highest BCUT2D eigenvalue weighted by atomic mass is 32.1. The van der Waals surface area contributed by atoms with Crippen molar-refractivity contribution in [1.29, 1.82) is 0 Å². The van der Waals surface area contributed by atoms with E-state index in [4.69, 9.17) is 4.74 Å². The van der Waals surface area contributed by atoms with Crippen molar-refractivity contribution in [1.82, 2.24) is 0 Å². The lowest BCUT2D eigenvalue weighted by atomic mass is 10.0. The van der Waals surface area contributed by atoms with Crippen molar-refractivity contribution < 1.29 is 23.0 Å². The van der Waals surface area contributed by atoms with Crippen LogP contribution in [0.15, 0.2) is 48.5 Å². The average molecular weight is 379 g/mol. The number of ether oxygens (including phenoxy) is 1. The summed E-state index contributed by atoms with van der Waals surface area (Å²) in [4.78, 5) is 0.585. The quantitative estimate of drug-likeness (QED) is 0.597. The summed E-state index contributed by atoms with van der Waals surface area (Å²) in [5.74, 6) is 0.00988. The molecule has 3 rings (SSSR count). The minimum Gasteiger partial charge on any atom is -0.506 e. The summed E-state index contributed by atoms with van der Waals surface area (Å²) < 4.78 is 44.7. The van der Waals surface area contributed by atoms with Gasteiger partial charge in [0.25, 0.3) is 0 Å². The van der Waals surface area contributed by atoms with E-state index in [1.165, 1.54) is 24.5 Å². The normalized spacial score (nSPS) is 11.4. The molecule has 2 aromatic carbocycles. The first kappa shape index (κ1) is 18.1. The number of nitrogens with one attached hydrogen (secondary N) is 1. The number of methoxy groups -OCH3 is 1. The van der Waals surface area contributed by atoms with Crippen molar-refractivity contribution in [3.05, 3.63) is 54.1 Å². The second-order valence-electron chi connectivity index (χ2n) is 5.55. The lowest BCUT2D eigenvalue weighted by Gasteiger charge is -2.12. The zero-order chi connectivity index (χ0) is 18.9. The Hall–Kier alpha value is -2.67. The first-order valence-corrected chi connectivity index (χ1v) is 8.52. The van der Waals surface area contributed by atoms with E-state index in [-0.39, 0.29) is 17.1 Å². The Kier molecular flexibility index (Phi) is 4.82. The van der Waals surface area contributed by atoms with Crippen LogP contribution in [0.2, 0.25) is 0 Å². The minimum absolute atomic E-state index is 0.0630. The minimum atomic E-state index is -4.52. The Morgan fingerprint density at radius 2 is 1.73 bits per heavy atom. The molecule has 0 unspecified atom stereocenters. The van der Waals surface area contributed by atoms with Gasteiger partial charge in [0.2, 0.25) is 0 Å². The molecule has 2 N–H and O–H groups in total. The Morgan fingerprint density at radius 3 is 2.31 bits per heavy atom. The summed E-state index contributed by atoms with van der Waals surface area (Å²) in [6.45, 7) is 0. The van der Waals surface area contributed by atoms with Crippen LogP contribution in [0, 0.1) is 0 Å². The second kappa shape index (κ2) is 6.92. The summed E-state index contributed by atoms with van der Waals surface area (Å²) >= 11 is 1.28. The molecule has 0 saturated heterocycles. The number of hydrogen-bond donors (Lipinski definition) is 2. The van der Waals surface area contributed by atoms with Crippen LogP contribution in [0.5, 0.6) is 11.5 Å². The lowest BCUT2D eigenvalue weighted by molar-refractivity contribution is -0.137. The van der Waals surface area contributed by atoms with Gasteiger partial charge < -0.3 is 15.2 Å². The first-order valence-electron chi connectivity index (χ1n) is 7.70. The molecule has 0 amide bonds. The van der Waals surface area contributed by atoms with Crippen LogP contribution in [0.25, 0.3) is 21.6 Å². The van der Waals surface area contributed by atoms with Gasteiger partial charge >= 0.3 is 6.18 Å². The van der Waals surface area contributed by atoms with E-state index in [2.05, 4.69) is 5.32 Å². The standard InChI is InChI=1S/C19H16F3NO2S/c1-23-18-15(16(24)17(26-18)11-6-4-3-5-7-11)12-8-13(19(20,21)22)10-14(9-12)25-2/h3-10,23-24H,1-2H3. The van der Waals surface area contributed by atoms with Crippen LogP contribution < -0.4 is 10.1 Å². The van der Waals surface area contributed by atoms with E-state index >= 15 is 0 Å². The predicted octanol–water partition coefficient (Wildman–Crippen LogP) is 5.86. The summed E-state index contributed by atoms with van der Waals surface area (Å²) in [6.07, 6.45) is -4.52. The highest BCUT2D eigenvalue weighted by molar-refractivity contribution is 7.20. The van der Waals surface area contributed by atoms with Gasteiger partial charge in [-0.2, -0.15) is 13.2 Å². The first-order chi connectivity index (χ1) is 12.3. The molecule has 0 aliphatic heterocycles. The fraction of sp³-hybridized carbons (Fsp3) is 0.158. The highest BCUT2D eigenvalue weighted by Crippen LogP contribution is 2.51. The lowest BCUT2D eigenvalue weighted by Crippen LogP contribution is -2.05. The van der Waals surface area contributed by atoms with E-state index in [9.17, 15) is 18.3 Å². The molecule has 0 bridgehead atoms. The van der Waals surface area contributed by atoms with E-state index in [0.717, 1.165) is 17.7 Å². The molecule has 26 heavy (non-hydrogen) atoms. The topological polar surface area (TPSA) is 41.5 Å². The smallest absolute Gasteiger partial charge is 0.416 e. The third kappa shape index (κ3) is 3.35. The van der Waals surface area contributed by atoms with Gasteiger partial charge in [0.05, 0.1) is 23.1 Å². The molecule has 3 aromatic rings. The molecule has 3 nitrogen and oxygen atoms in total. The Morgan fingerprint density at radius 1 is 1.04 bits per heavy atom. The number of rotatable bonds is 4. The average Bonchev–Trinajstić information content (AvgIpc) is 2.97. The number of benzene rings is 2. The van der Waals surface area contributed by atoms with Gasteiger partial charge in [0, 0.05) is 7.05 Å². The molecule has 0 saturated carbocycles. The van der Waals surface area contributed by atoms with E-state index in [1.807, 2.05) is 30.3 Å². The van der Waals surface area contributed by atoms with Gasteiger partial charge in [-0.05, 0) is 29.3 Å². The van der Waals surface area contributed by atoms with Crippen LogP contribution >= 0.6 is 11.3 Å². The van der Waals surface area contributed by atoms with Crippen molar-refractivity contribution in [3.63, 3.8) is 0 Å². The van der Waals surface area contributed by atoms with E-state index < -0.39 is 11.7 Å². The molecule has 0 aliphatic carbocycles. The maximum absolute atomic E-state index is 13.2. The van der Waals surface area contributed by atoms with Crippen molar-refractivity contribution in [3.8, 4) is 33.1 Å². The third-order valence-corrected chi connectivity index (χ3v) is 5.15. The van der Waals surface area contributed by atoms with Crippen molar-refractivity contribution in [2.24, 2.45) is 0 Å². The van der Waals surface area contributed by atoms with Gasteiger partial charge in [-0.15, -0.1) is 11.3 Å². The molecule has 7 heteroatoms. The summed E-state index contributed by atoms with van der Waals surface area (Å²) in [5.41, 5.74) is 0.509. The number of aromatic hydroxyl groups is 1. The Balaban J connectivity index is 2.23. The predicted molar refractivity (Wildman–Crippen MR) is 98.0 cm³/mol. The Bertz CT molecular complexity index is 921. The zero-order valence-electron chi connectivity index (χ0n) is 14.0. The summed E-state index contributed by atoms with van der Waals surface area (Å²) in [6, 6.07) is 12.6. The molecule has 136 valence electrons. The number of thiophene rings is 1. The fourth-order valence-electron chi connectivity index (χ4n) is 2.68. The Labute approximate surface area is 152 Å². The highest BCUT2D eigenvalue weighted by Gasteiger charge is 2.32. The van der Waals surface area contributed by atoms with Crippen molar-refractivity contribution in [2.45, 2.75) is 6.18 Å². The molecular formula is C19H16F3NO2S. The number of halogens is 3. The second-order valence-corrected chi connectivity index (χ2v) is 6.57. The monoisotopic (exact) mass is 379 g/mol. The fourth-order valence-corrected chi connectivity index (χ4v) is 3.75. The molecule has 0 fully saturated rings. The molecule has 1 aromatic heterocycles. The molecule has 1 heterocycles. The van der Waals surface area contributed by atoms with Crippen LogP contribution in [-0.4, -0.2) is 19.3 Å². The van der Waals surface area contributed by atoms with E-state index in [1.54, 1.807) is 7.05 Å². The van der Waals surface area contributed by atoms with Gasteiger partial charge in [-0.1, -0.05) is 30.3 Å². The maximum atomic E-state index is 13.2. The van der Waals surface area contributed by atoms with Crippen LogP contribution in [-0.2, 0) is 6.18 Å². The molecule has 0 aliphatic rings. The molecule has 0 radical (unpaired) electrons. The van der Waals surface area contributed by atoms with Crippen LogP contribution in [0.1, 0.15) is 5.56 Å². The molecular weight excluding hydrogens is 363 g/mol. The third-order valence-electron chi connectivity index (χ3n) is 3.90. The van der Waals surface area contributed by atoms with Gasteiger partial charge in [0.1, 0.15) is 16.5 Å². The summed E-state index contributed by atoms with van der Waals surface area (Å²) in [5, 5.41) is 14.3. The van der Waals surface area contributed by atoms with Crippen molar-refractivity contribution in [2.75, 3.05) is 19.5 Å². The maximum Gasteiger partial charge on any atom is 0.416 e. The van der Waals surface area contributed by atoms with Gasteiger partial charge in [-0.25, -0.2) is 0 Å². The van der Waals surface area contributed by atoms with Crippen molar-refractivity contribution >= 4 is 16.3 Å². The summed E-state index contributed by atoms with van der Waals surface area (Å²) in [7, 11) is 2.97. The SMILES string of the molecule is CNc1sc(-c2ccccc2)c(O)c1-c1cc(OC)cc(C(F)(F)F)c1. The zero-order valence-corrected chi connectivity index (χ0v) is 14.8. The van der Waals surface area contributed by atoms with E-state index in [0.29, 0.717) is 15.4 Å². The molecule has 0 atom stereocenters. The number of alkyl halides is 3. The number of anilines is 1. The largest absolute Gasteiger partial charge is 0.506 e. The molecule has 0 spiro atoms. The van der Waals surface area contributed by atoms with Gasteiger partial charge in [0.15, 0.2) is 0 Å². The van der Waals surface area contributed by atoms with Gasteiger partial charge in [-0.3, -0.25) is 0 Å². The van der Waals surface area contributed by atoms with Crippen LogP contribution in [0.3, 0.4) is 0 Å².